The Morgan fingerprint density at radius 2 is 1.88 bits per heavy atom. The van der Waals surface area contributed by atoms with Crippen LogP contribution in [0.3, 0.4) is 0 Å². The molecule has 1 aromatic carbocycles. The number of benzene rings is 1. The number of carbonyl (C=O) groups excluding carboxylic acids is 3. The van der Waals surface area contributed by atoms with E-state index in [4.69, 9.17) is 14.3 Å². The number of urea groups is 1. The van der Waals surface area contributed by atoms with Crippen LogP contribution in [0, 0.1) is 0 Å². The predicted octanol–water partition coefficient (Wildman–Crippen LogP) is 1.43. The van der Waals surface area contributed by atoms with Crippen molar-refractivity contribution in [3.8, 4) is 0 Å². The number of hydroxylamine groups is 2. The van der Waals surface area contributed by atoms with Crippen molar-refractivity contribution in [2.75, 3.05) is 27.4 Å². The summed E-state index contributed by atoms with van der Waals surface area (Å²) in [5, 5.41) is 0.632. The van der Waals surface area contributed by atoms with Crippen LogP contribution in [0.25, 0.3) is 6.08 Å². The van der Waals surface area contributed by atoms with Crippen molar-refractivity contribution in [3.05, 3.63) is 41.6 Å². The lowest BCUT2D eigenvalue weighted by molar-refractivity contribution is -0.155. The number of imide groups is 1. The second-order valence-electron chi connectivity index (χ2n) is 5.09. The van der Waals surface area contributed by atoms with E-state index >= 15 is 0 Å². The van der Waals surface area contributed by atoms with E-state index in [1.54, 1.807) is 25.1 Å². The highest BCUT2D eigenvalue weighted by Gasteiger charge is 2.43. The molecule has 8 nitrogen and oxygen atoms in total. The molecule has 0 aromatic heterocycles. The largest absolute Gasteiger partial charge is 0.464 e. The van der Waals surface area contributed by atoms with Gasteiger partial charge in [-0.05, 0) is 18.6 Å². The Balaban J connectivity index is 2.34. The second kappa shape index (κ2) is 8.41. The van der Waals surface area contributed by atoms with Crippen LogP contribution in [-0.2, 0) is 23.9 Å². The maximum absolute atomic E-state index is 12.4. The van der Waals surface area contributed by atoms with Gasteiger partial charge in [-0.15, -0.1) is 5.06 Å². The van der Waals surface area contributed by atoms with Gasteiger partial charge in [0.1, 0.15) is 5.70 Å². The zero-order valence-electron chi connectivity index (χ0n) is 14.3. The zero-order valence-corrected chi connectivity index (χ0v) is 14.3. The van der Waals surface area contributed by atoms with E-state index in [2.05, 4.69) is 0 Å². The molecule has 8 heteroatoms. The third kappa shape index (κ3) is 4.04. The van der Waals surface area contributed by atoms with E-state index in [0.717, 1.165) is 10.5 Å². The summed E-state index contributed by atoms with van der Waals surface area (Å²) in [6.07, 6.45) is 0.532. The normalized spacial score (nSPS) is 17.3. The number of ether oxygens (including phenoxy) is 2. The summed E-state index contributed by atoms with van der Waals surface area (Å²) in [6.45, 7) is 1.68. The molecule has 134 valence electrons. The lowest BCUT2D eigenvalue weighted by Crippen LogP contribution is -2.40. The maximum atomic E-state index is 12.4. The maximum Gasteiger partial charge on any atom is 0.356 e. The van der Waals surface area contributed by atoms with Crippen molar-refractivity contribution >= 4 is 24.0 Å². The van der Waals surface area contributed by atoms with Crippen LogP contribution >= 0.6 is 0 Å². The molecular weight excluding hydrogens is 328 g/mol. The van der Waals surface area contributed by atoms with E-state index in [-0.39, 0.29) is 18.8 Å². The number of carbonyl (C=O) groups is 3. The van der Waals surface area contributed by atoms with Gasteiger partial charge in [-0.1, -0.05) is 30.3 Å². The fraction of sp³-hybridized carbons (Fsp3) is 0.353. The van der Waals surface area contributed by atoms with Crippen LogP contribution in [0.5, 0.6) is 0 Å². The third-order valence-electron chi connectivity index (χ3n) is 3.57. The Kier molecular flexibility index (Phi) is 6.26. The Morgan fingerprint density at radius 3 is 2.44 bits per heavy atom. The molecule has 0 aliphatic carbocycles. The quantitative estimate of drug-likeness (QED) is 0.421. The summed E-state index contributed by atoms with van der Waals surface area (Å²) in [4.78, 5) is 42.8. The number of rotatable bonds is 7. The molecule has 25 heavy (non-hydrogen) atoms. The second-order valence-corrected chi connectivity index (χ2v) is 5.09. The first-order valence-corrected chi connectivity index (χ1v) is 7.69. The summed E-state index contributed by atoms with van der Waals surface area (Å²) in [7, 11) is 2.55. The Labute approximate surface area is 145 Å². The van der Waals surface area contributed by atoms with Crippen LogP contribution in [0.15, 0.2) is 36.0 Å². The van der Waals surface area contributed by atoms with Gasteiger partial charge in [0.25, 0.3) is 0 Å². The fourth-order valence-electron chi connectivity index (χ4n) is 2.35. The van der Waals surface area contributed by atoms with Crippen LogP contribution in [-0.4, -0.2) is 61.3 Å². The molecule has 2 rings (SSSR count). The molecule has 1 aliphatic rings. The number of hydrogen-bond acceptors (Lipinski definition) is 6. The van der Waals surface area contributed by atoms with Gasteiger partial charge >= 0.3 is 17.9 Å². The van der Waals surface area contributed by atoms with E-state index < -0.39 is 24.0 Å². The fourth-order valence-corrected chi connectivity index (χ4v) is 2.35. The smallest absolute Gasteiger partial charge is 0.356 e. The highest BCUT2D eigenvalue weighted by Crippen LogP contribution is 2.24. The molecule has 0 spiro atoms. The minimum absolute atomic E-state index is 0.0874. The molecule has 1 fully saturated rings. The summed E-state index contributed by atoms with van der Waals surface area (Å²) in [6, 6.07) is 8.34. The highest BCUT2D eigenvalue weighted by molar-refractivity contribution is 6.13. The number of nitrogens with zero attached hydrogens (tertiary/aromatic N) is 2. The van der Waals surface area contributed by atoms with Crippen LogP contribution in [0.1, 0.15) is 12.5 Å². The summed E-state index contributed by atoms with van der Waals surface area (Å²) < 4.78 is 10.0. The van der Waals surface area contributed by atoms with Gasteiger partial charge in [0.15, 0.2) is 6.10 Å². The van der Waals surface area contributed by atoms with Gasteiger partial charge in [-0.2, -0.15) is 0 Å². The minimum atomic E-state index is -1.02. The molecule has 1 atom stereocenters. The van der Waals surface area contributed by atoms with E-state index in [9.17, 15) is 14.4 Å². The molecule has 0 N–H and O–H groups in total. The first-order chi connectivity index (χ1) is 12.0. The van der Waals surface area contributed by atoms with Crippen molar-refractivity contribution in [2.45, 2.75) is 13.0 Å². The number of amides is 3. The van der Waals surface area contributed by atoms with Gasteiger partial charge in [-0.3, -0.25) is 14.5 Å². The third-order valence-corrected chi connectivity index (χ3v) is 3.57. The van der Waals surface area contributed by atoms with Crippen molar-refractivity contribution in [3.63, 3.8) is 0 Å². The molecule has 0 bridgehead atoms. The van der Waals surface area contributed by atoms with Crippen LogP contribution in [0.2, 0.25) is 0 Å². The van der Waals surface area contributed by atoms with Crippen LogP contribution < -0.4 is 0 Å². The topological polar surface area (TPSA) is 85.4 Å². The molecule has 1 aromatic rings. The van der Waals surface area contributed by atoms with E-state index in [0.29, 0.717) is 5.06 Å². The number of methoxy groups -OCH3 is 1. The van der Waals surface area contributed by atoms with Crippen molar-refractivity contribution in [1.29, 1.82) is 0 Å². The predicted molar refractivity (Wildman–Crippen MR) is 87.8 cm³/mol. The Morgan fingerprint density at radius 1 is 1.20 bits per heavy atom. The summed E-state index contributed by atoms with van der Waals surface area (Å²) in [5.41, 5.74) is 0.816. The first kappa shape index (κ1) is 18.6. The molecule has 1 saturated heterocycles. The van der Waals surface area contributed by atoms with E-state index in [1.807, 2.05) is 18.2 Å². The number of hydrogen-bond donors (Lipinski definition) is 0. The van der Waals surface area contributed by atoms with Gasteiger partial charge in [0, 0.05) is 7.11 Å². The lowest BCUT2D eigenvalue weighted by atomic mass is 10.2. The molecule has 1 heterocycles. The molecule has 1 aliphatic heterocycles. The SMILES string of the molecule is CCOC(=O)C(CN1C(=O)N(OC)C(=O)C1=Cc1ccccc1)OC. The van der Waals surface area contributed by atoms with Crippen molar-refractivity contribution in [2.24, 2.45) is 0 Å². The van der Waals surface area contributed by atoms with Gasteiger partial charge in [-0.25, -0.2) is 9.59 Å². The molecular formula is C17H20N2O6. The van der Waals surface area contributed by atoms with Crippen LogP contribution in [0.4, 0.5) is 4.79 Å². The molecule has 1 unspecified atom stereocenters. The van der Waals surface area contributed by atoms with Crippen molar-refractivity contribution < 1.29 is 28.7 Å². The van der Waals surface area contributed by atoms with E-state index in [1.165, 1.54) is 14.2 Å². The first-order valence-electron chi connectivity index (χ1n) is 7.69. The van der Waals surface area contributed by atoms with Crippen molar-refractivity contribution in [1.82, 2.24) is 9.96 Å². The van der Waals surface area contributed by atoms with Gasteiger partial charge < -0.3 is 9.47 Å². The molecule has 0 saturated carbocycles. The average Bonchev–Trinajstić information content (AvgIpc) is 2.83. The summed E-state index contributed by atoms with van der Waals surface area (Å²) in [5.74, 6) is -1.23. The molecule has 3 amide bonds. The average molecular weight is 348 g/mol. The molecule has 0 radical (unpaired) electrons. The minimum Gasteiger partial charge on any atom is -0.464 e. The zero-order chi connectivity index (χ0) is 18.4. The monoisotopic (exact) mass is 348 g/mol. The van der Waals surface area contributed by atoms with Gasteiger partial charge in [0.05, 0.1) is 20.3 Å². The highest BCUT2D eigenvalue weighted by atomic mass is 16.7. The Hall–Kier alpha value is -2.71. The number of esters is 1. The standard InChI is InChI=1S/C17H20N2O6/c1-4-25-16(21)14(23-2)11-18-13(10-12-8-6-5-7-9-12)15(20)19(24-3)17(18)22/h5-10,14H,4,11H2,1-3H3. The summed E-state index contributed by atoms with van der Waals surface area (Å²) >= 11 is 0. The Bertz CT molecular complexity index is 673. The lowest BCUT2D eigenvalue weighted by Gasteiger charge is -2.21. The van der Waals surface area contributed by atoms with Gasteiger partial charge in [0.2, 0.25) is 0 Å².